The lowest BCUT2D eigenvalue weighted by molar-refractivity contribution is 0.600. The molecule has 0 atom stereocenters. The first-order valence-electron chi connectivity index (χ1n) is 10.5. The first-order valence-corrected chi connectivity index (χ1v) is 12.6. The van der Waals surface area contributed by atoms with E-state index in [4.69, 9.17) is 0 Å². The predicted octanol–water partition coefficient (Wildman–Crippen LogP) is 3.96. The molecule has 0 aromatic heterocycles. The van der Waals surface area contributed by atoms with Crippen LogP contribution in [0.1, 0.15) is 30.9 Å². The summed E-state index contributed by atoms with van der Waals surface area (Å²) in [6.45, 7) is 4.59. The van der Waals surface area contributed by atoms with E-state index in [1.807, 2.05) is 25.1 Å². The van der Waals surface area contributed by atoms with E-state index in [1.165, 1.54) is 30.1 Å². The van der Waals surface area contributed by atoms with Crippen LogP contribution in [0.25, 0.3) is 0 Å². The maximum absolute atomic E-state index is 13.7. The van der Waals surface area contributed by atoms with Gasteiger partial charge < -0.3 is 15.5 Å². The lowest BCUT2D eigenvalue weighted by Crippen LogP contribution is -2.38. The quantitative estimate of drug-likeness (QED) is 0.184. The number of aliphatic imine (C=N–C) groups is 1. The average Bonchev–Trinajstić information content (AvgIpc) is 2.73. The van der Waals surface area contributed by atoms with Crippen LogP contribution in [0.4, 0.5) is 10.1 Å². The summed E-state index contributed by atoms with van der Waals surface area (Å²) in [5.41, 5.74) is 2.35. The van der Waals surface area contributed by atoms with Gasteiger partial charge in [0.15, 0.2) is 15.8 Å². The number of sulfone groups is 1. The molecule has 0 amide bonds. The number of halogens is 2. The van der Waals surface area contributed by atoms with Crippen molar-refractivity contribution in [1.29, 1.82) is 0 Å². The van der Waals surface area contributed by atoms with E-state index < -0.39 is 15.7 Å². The van der Waals surface area contributed by atoms with Gasteiger partial charge in [0, 0.05) is 38.6 Å². The van der Waals surface area contributed by atoms with E-state index in [0.717, 1.165) is 25.9 Å². The fourth-order valence-corrected chi connectivity index (χ4v) is 4.01. The summed E-state index contributed by atoms with van der Waals surface area (Å²) in [6.07, 6.45) is 3.17. The Bertz CT molecular complexity index is 956. The van der Waals surface area contributed by atoms with E-state index in [1.54, 1.807) is 0 Å². The summed E-state index contributed by atoms with van der Waals surface area (Å²) in [7, 11) is -1.13. The van der Waals surface area contributed by atoms with Crippen LogP contribution in [0.5, 0.6) is 0 Å². The van der Waals surface area contributed by atoms with E-state index in [9.17, 15) is 12.8 Å². The van der Waals surface area contributed by atoms with Crippen molar-refractivity contribution in [3.63, 3.8) is 0 Å². The predicted molar refractivity (Wildman–Crippen MR) is 142 cm³/mol. The Morgan fingerprint density at radius 3 is 2.44 bits per heavy atom. The molecule has 178 valence electrons. The molecule has 0 aliphatic carbocycles. The lowest BCUT2D eigenvalue weighted by atomic mass is 10.1. The highest BCUT2D eigenvalue weighted by Gasteiger charge is 2.11. The third kappa shape index (κ3) is 10.6. The van der Waals surface area contributed by atoms with E-state index in [2.05, 4.69) is 39.7 Å². The van der Waals surface area contributed by atoms with Crippen LogP contribution in [-0.4, -0.2) is 47.3 Å². The first-order chi connectivity index (χ1) is 14.8. The molecule has 0 fully saturated rings. The minimum atomic E-state index is -3.22. The highest BCUT2D eigenvalue weighted by atomic mass is 127. The fourth-order valence-electron chi connectivity index (χ4n) is 3.16. The van der Waals surface area contributed by atoms with Gasteiger partial charge in [-0.25, -0.2) is 17.8 Å². The third-order valence-electron chi connectivity index (χ3n) is 4.75. The molecule has 0 unspecified atom stereocenters. The number of guanidine groups is 1. The summed E-state index contributed by atoms with van der Waals surface area (Å²) >= 11 is 0. The van der Waals surface area contributed by atoms with Crippen LogP contribution in [0, 0.1) is 5.82 Å². The van der Waals surface area contributed by atoms with Crippen molar-refractivity contribution < 1.29 is 12.8 Å². The van der Waals surface area contributed by atoms with Gasteiger partial charge in [0.2, 0.25) is 0 Å². The van der Waals surface area contributed by atoms with Gasteiger partial charge in [0.05, 0.1) is 12.3 Å². The zero-order valence-electron chi connectivity index (χ0n) is 19.0. The fraction of sp³-hybridized carbons (Fsp3) is 0.435. The first kappa shape index (κ1) is 28.2. The highest BCUT2D eigenvalue weighted by molar-refractivity contribution is 14.0. The molecule has 0 aliphatic heterocycles. The monoisotopic (exact) mass is 576 g/mol. The van der Waals surface area contributed by atoms with Crippen LogP contribution in [0.15, 0.2) is 53.5 Å². The van der Waals surface area contributed by atoms with Gasteiger partial charge in [-0.15, -0.1) is 24.0 Å². The molecule has 6 nitrogen and oxygen atoms in total. The average molecular weight is 577 g/mol. The van der Waals surface area contributed by atoms with Crippen LogP contribution < -0.4 is 15.5 Å². The summed E-state index contributed by atoms with van der Waals surface area (Å²) in [5.74, 6) is 0.105. The Labute approximate surface area is 208 Å². The molecule has 0 radical (unpaired) electrons. The van der Waals surface area contributed by atoms with Gasteiger partial charge in [-0.1, -0.05) is 24.3 Å². The van der Waals surface area contributed by atoms with Crippen molar-refractivity contribution in [2.45, 2.75) is 32.1 Å². The second-order valence-corrected chi connectivity index (χ2v) is 9.71. The number of unbranched alkanes of at least 4 members (excludes halogenated alkanes) is 1. The molecule has 2 aromatic carbocycles. The Balaban J connectivity index is 0.00000512. The maximum Gasteiger partial charge on any atom is 0.191 e. The zero-order chi connectivity index (χ0) is 22.7. The van der Waals surface area contributed by atoms with Gasteiger partial charge in [-0.2, -0.15) is 0 Å². The molecule has 9 heteroatoms. The Morgan fingerprint density at radius 1 is 1.06 bits per heavy atom. The molecule has 0 bridgehead atoms. The van der Waals surface area contributed by atoms with Gasteiger partial charge >= 0.3 is 0 Å². The minimum absolute atomic E-state index is 0. The Kier molecular flexibility index (Phi) is 12.6. The van der Waals surface area contributed by atoms with E-state index >= 15 is 0 Å². The number of hydrogen-bond donors (Lipinski definition) is 2. The molecule has 2 aromatic rings. The maximum atomic E-state index is 13.7. The second kappa shape index (κ2) is 14.3. The Morgan fingerprint density at radius 2 is 1.78 bits per heavy atom. The van der Waals surface area contributed by atoms with Crippen LogP contribution in [0.2, 0.25) is 0 Å². The van der Waals surface area contributed by atoms with Crippen molar-refractivity contribution >= 4 is 45.5 Å². The zero-order valence-corrected chi connectivity index (χ0v) is 22.1. The van der Waals surface area contributed by atoms with Crippen molar-refractivity contribution in [2.75, 3.05) is 37.8 Å². The van der Waals surface area contributed by atoms with Crippen molar-refractivity contribution in [1.82, 2.24) is 10.6 Å². The van der Waals surface area contributed by atoms with Crippen molar-refractivity contribution in [2.24, 2.45) is 4.99 Å². The molecule has 0 aliphatic rings. The number of rotatable bonds is 11. The summed E-state index contributed by atoms with van der Waals surface area (Å²) < 4.78 is 37.0. The second-order valence-electron chi connectivity index (χ2n) is 7.57. The van der Waals surface area contributed by atoms with Gasteiger partial charge in [-0.05, 0) is 55.2 Å². The van der Waals surface area contributed by atoms with Gasteiger partial charge in [-0.3, -0.25) is 0 Å². The van der Waals surface area contributed by atoms with Crippen molar-refractivity contribution in [3.05, 3.63) is 65.5 Å². The molecular formula is C23H34FIN4O2S. The molecule has 0 heterocycles. The van der Waals surface area contributed by atoms with E-state index in [-0.39, 0.29) is 36.3 Å². The Hall–Kier alpha value is -1.88. The van der Waals surface area contributed by atoms with Crippen LogP contribution in [-0.2, 0) is 22.1 Å². The molecular weight excluding hydrogens is 542 g/mol. The summed E-state index contributed by atoms with van der Waals surface area (Å²) in [5, 5.41) is 6.47. The minimum Gasteiger partial charge on any atom is -0.375 e. The molecule has 2 N–H and O–H groups in total. The largest absolute Gasteiger partial charge is 0.375 e. The normalized spacial score (nSPS) is 11.6. The third-order valence-corrected chi connectivity index (χ3v) is 5.58. The number of nitrogens with one attached hydrogen (secondary N) is 2. The SMILES string of the molecule is CCNC(=NCc1cc(F)ccc1CS(C)(=O)=O)NCCCCN(C)c1ccccc1.I. The highest BCUT2D eigenvalue weighted by Crippen LogP contribution is 2.16. The van der Waals surface area contributed by atoms with Crippen LogP contribution in [0.3, 0.4) is 0 Å². The standard InChI is InChI=1S/C23H33FN4O2S.HI/c1-4-25-23(26-14-8-9-15-28(2)22-10-6-5-7-11-22)27-17-20-16-21(24)13-12-19(20)18-31(3,29)30;/h5-7,10-13,16H,4,8-9,14-15,17-18H2,1-3H3,(H2,25,26,27);1H. The number of anilines is 1. The number of nitrogens with zero attached hydrogens (tertiary/aromatic N) is 2. The molecule has 32 heavy (non-hydrogen) atoms. The van der Waals surface area contributed by atoms with Gasteiger partial charge in [0.25, 0.3) is 0 Å². The van der Waals surface area contributed by atoms with Crippen LogP contribution >= 0.6 is 24.0 Å². The summed E-state index contributed by atoms with van der Waals surface area (Å²) in [6, 6.07) is 14.4. The number of hydrogen-bond acceptors (Lipinski definition) is 4. The smallest absolute Gasteiger partial charge is 0.191 e. The number of benzene rings is 2. The lowest BCUT2D eigenvalue weighted by Gasteiger charge is -2.19. The van der Waals surface area contributed by atoms with E-state index in [0.29, 0.717) is 23.6 Å². The molecule has 0 spiro atoms. The van der Waals surface area contributed by atoms with Gasteiger partial charge in [0.1, 0.15) is 5.82 Å². The summed E-state index contributed by atoms with van der Waals surface area (Å²) in [4.78, 5) is 6.75. The molecule has 2 rings (SSSR count). The molecule has 0 saturated carbocycles. The number of para-hydroxylation sites is 1. The van der Waals surface area contributed by atoms with Crippen molar-refractivity contribution in [3.8, 4) is 0 Å². The molecule has 0 saturated heterocycles. The topological polar surface area (TPSA) is 73.8 Å².